The Bertz CT molecular complexity index is 1490. The molecule has 7 heteroatoms. The Morgan fingerprint density at radius 2 is 0.889 bits per heavy atom. The van der Waals surface area contributed by atoms with E-state index in [0.29, 0.717) is 36.9 Å². The summed E-state index contributed by atoms with van der Waals surface area (Å²) in [5.41, 5.74) is 4.76. The molecule has 0 bridgehead atoms. The van der Waals surface area contributed by atoms with Gasteiger partial charge < -0.3 is 33.5 Å². The molecule has 6 atom stereocenters. The normalized spacial score (nSPS) is 21.4. The molecule has 45 heavy (non-hydrogen) atoms. The van der Waals surface area contributed by atoms with Crippen LogP contribution in [0.2, 0.25) is 0 Å². The summed E-state index contributed by atoms with van der Waals surface area (Å²) in [4.78, 5) is 0. The maximum absolute atomic E-state index is 10.7. The summed E-state index contributed by atoms with van der Waals surface area (Å²) in [6, 6.07) is 32.3. The number of ether oxygens (including phenoxy) is 6. The highest BCUT2D eigenvalue weighted by Crippen LogP contribution is 2.25. The summed E-state index contributed by atoms with van der Waals surface area (Å²) in [5, 5.41) is 10.7. The standard InChI is InChI=1S/C38H42O7/c1-25(43-35-18-10-31(11-19-35)21-30-8-16-34(17-9-30)42-24-38-27(3)45-38)36(39)22-40-32-12-4-28(5-13-32)20-29-6-14-33(15-7-29)41-23-37-26(2)44-37/h4-19,25-27,36-39H,20-24H2,1-3H3. The molecule has 2 heterocycles. The summed E-state index contributed by atoms with van der Waals surface area (Å²) in [5.74, 6) is 3.14. The highest BCUT2D eigenvalue weighted by Gasteiger charge is 2.35. The molecule has 0 spiro atoms. The summed E-state index contributed by atoms with van der Waals surface area (Å²) in [7, 11) is 0. The Labute approximate surface area is 265 Å². The van der Waals surface area contributed by atoms with E-state index in [-0.39, 0.29) is 18.8 Å². The Hall–Kier alpha value is -4.04. The van der Waals surface area contributed by atoms with Crippen LogP contribution in [0, 0.1) is 0 Å². The molecule has 7 nitrogen and oxygen atoms in total. The van der Waals surface area contributed by atoms with Crippen molar-refractivity contribution in [3.63, 3.8) is 0 Å². The Morgan fingerprint density at radius 3 is 1.24 bits per heavy atom. The number of hydrogen-bond donors (Lipinski definition) is 1. The van der Waals surface area contributed by atoms with Crippen molar-refractivity contribution in [1.82, 2.24) is 0 Å². The molecule has 2 aliphatic heterocycles. The fraction of sp³-hybridized carbons (Fsp3) is 0.368. The number of aliphatic hydroxyl groups is 1. The van der Waals surface area contributed by atoms with E-state index in [9.17, 15) is 5.11 Å². The monoisotopic (exact) mass is 610 g/mol. The summed E-state index contributed by atoms with van der Waals surface area (Å²) in [6.45, 7) is 7.28. The zero-order valence-corrected chi connectivity index (χ0v) is 26.1. The van der Waals surface area contributed by atoms with Crippen molar-refractivity contribution < 1.29 is 33.5 Å². The first kappa shape index (κ1) is 31.0. The second-order valence-corrected chi connectivity index (χ2v) is 12.0. The van der Waals surface area contributed by atoms with Gasteiger partial charge in [0.05, 0.1) is 12.2 Å². The molecule has 6 unspecified atom stereocenters. The van der Waals surface area contributed by atoms with Gasteiger partial charge in [0.15, 0.2) is 0 Å². The third kappa shape index (κ3) is 9.24. The number of benzene rings is 4. The molecule has 0 amide bonds. The summed E-state index contributed by atoms with van der Waals surface area (Å²) < 4.78 is 34.2. The van der Waals surface area contributed by atoms with Gasteiger partial charge >= 0.3 is 0 Å². The van der Waals surface area contributed by atoms with Gasteiger partial charge in [-0.3, -0.25) is 0 Å². The van der Waals surface area contributed by atoms with E-state index in [1.54, 1.807) is 0 Å². The van der Waals surface area contributed by atoms with Crippen molar-refractivity contribution in [2.45, 2.75) is 70.2 Å². The Kier molecular flexibility index (Phi) is 9.89. The Morgan fingerprint density at radius 1 is 0.556 bits per heavy atom. The zero-order chi connectivity index (χ0) is 31.2. The van der Waals surface area contributed by atoms with Crippen LogP contribution < -0.4 is 18.9 Å². The quantitative estimate of drug-likeness (QED) is 0.147. The highest BCUT2D eigenvalue weighted by molar-refractivity contribution is 5.35. The van der Waals surface area contributed by atoms with Crippen molar-refractivity contribution in [2.24, 2.45) is 0 Å². The predicted octanol–water partition coefficient (Wildman–Crippen LogP) is 6.41. The van der Waals surface area contributed by atoms with Crippen LogP contribution in [0.15, 0.2) is 97.1 Å². The highest BCUT2D eigenvalue weighted by atomic mass is 16.6. The molecule has 6 rings (SSSR count). The third-order valence-electron chi connectivity index (χ3n) is 8.30. The summed E-state index contributed by atoms with van der Waals surface area (Å²) >= 11 is 0. The van der Waals surface area contributed by atoms with Gasteiger partial charge in [-0.25, -0.2) is 0 Å². The van der Waals surface area contributed by atoms with Crippen molar-refractivity contribution in [3.05, 3.63) is 119 Å². The second-order valence-electron chi connectivity index (χ2n) is 12.0. The van der Waals surface area contributed by atoms with E-state index in [4.69, 9.17) is 28.4 Å². The molecule has 4 aromatic rings. The van der Waals surface area contributed by atoms with Crippen molar-refractivity contribution in [1.29, 1.82) is 0 Å². The molecular formula is C38H42O7. The van der Waals surface area contributed by atoms with Gasteiger partial charge in [-0.15, -0.1) is 0 Å². The number of epoxide rings is 2. The number of rotatable bonds is 16. The van der Waals surface area contributed by atoms with E-state index in [1.165, 1.54) is 22.3 Å². The van der Waals surface area contributed by atoms with Crippen LogP contribution in [0.25, 0.3) is 0 Å². The van der Waals surface area contributed by atoms with Gasteiger partial charge in [0, 0.05) is 0 Å². The maximum Gasteiger partial charge on any atom is 0.125 e. The van der Waals surface area contributed by atoms with Crippen molar-refractivity contribution >= 4 is 0 Å². The van der Waals surface area contributed by atoms with Gasteiger partial charge in [-0.1, -0.05) is 48.5 Å². The van der Waals surface area contributed by atoms with E-state index in [2.05, 4.69) is 50.2 Å². The predicted molar refractivity (Wildman–Crippen MR) is 173 cm³/mol. The zero-order valence-electron chi connectivity index (χ0n) is 26.1. The van der Waals surface area contributed by atoms with E-state index < -0.39 is 12.2 Å². The Balaban J connectivity index is 0.899. The molecule has 0 saturated carbocycles. The lowest BCUT2D eigenvalue weighted by Crippen LogP contribution is -2.33. The lowest BCUT2D eigenvalue weighted by molar-refractivity contribution is 0.0152. The van der Waals surface area contributed by atoms with Gasteiger partial charge in [-0.2, -0.15) is 0 Å². The van der Waals surface area contributed by atoms with E-state index in [0.717, 1.165) is 24.3 Å². The van der Waals surface area contributed by atoms with Crippen LogP contribution in [0.5, 0.6) is 23.0 Å². The van der Waals surface area contributed by atoms with Crippen LogP contribution in [0.3, 0.4) is 0 Å². The van der Waals surface area contributed by atoms with Crippen molar-refractivity contribution in [3.8, 4) is 23.0 Å². The minimum atomic E-state index is -0.782. The van der Waals surface area contributed by atoms with Crippen LogP contribution >= 0.6 is 0 Å². The first-order valence-corrected chi connectivity index (χ1v) is 15.8. The largest absolute Gasteiger partial charge is 0.491 e. The lowest BCUT2D eigenvalue weighted by Gasteiger charge is -2.21. The van der Waals surface area contributed by atoms with Crippen LogP contribution in [0.4, 0.5) is 0 Å². The molecule has 0 radical (unpaired) electrons. The minimum absolute atomic E-state index is 0.136. The molecule has 0 aromatic heterocycles. The lowest BCUT2D eigenvalue weighted by atomic mass is 10.0. The molecule has 1 N–H and O–H groups in total. The smallest absolute Gasteiger partial charge is 0.125 e. The molecule has 2 saturated heterocycles. The summed E-state index contributed by atoms with van der Waals surface area (Å²) in [6.07, 6.45) is 1.46. The SMILES string of the molecule is CC(Oc1ccc(Cc2ccc(OCC3OC3C)cc2)cc1)C(O)COc1ccc(Cc2ccc(OCC3OC3C)cc2)cc1. The van der Waals surface area contributed by atoms with Crippen LogP contribution in [0.1, 0.15) is 43.0 Å². The first-order valence-electron chi connectivity index (χ1n) is 15.8. The molecule has 236 valence electrons. The van der Waals surface area contributed by atoms with Gasteiger partial charge in [0.25, 0.3) is 0 Å². The number of hydrogen-bond acceptors (Lipinski definition) is 7. The average Bonchev–Trinajstić information content (AvgIpc) is 3.97. The molecular weight excluding hydrogens is 568 g/mol. The van der Waals surface area contributed by atoms with E-state index in [1.807, 2.05) is 67.6 Å². The maximum atomic E-state index is 10.7. The third-order valence-corrected chi connectivity index (χ3v) is 8.30. The van der Waals surface area contributed by atoms with Crippen molar-refractivity contribution in [2.75, 3.05) is 19.8 Å². The second kappa shape index (κ2) is 14.4. The first-order chi connectivity index (χ1) is 21.9. The van der Waals surface area contributed by atoms with Crippen LogP contribution in [-0.2, 0) is 22.3 Å². The molecule has 2 fully saturated rings. The van der Waals surface area contributed by atoms with E-state index >= 15 is 0 Å². The minimum Gasteiger partial charge on any atom is -0.491 e. The average molecular weight is 611 g/mol. The topological polar surface area (TPSA) is 82.2 Å². The number of aliphatic hydroxyl groups excluding tert-OH is 1. The molecule has 0 aliphatic carbocycles. The van der Waals surface area contributed by atoms with Gasteiger partial charge in [0.1, 0.15) is 67.2 Å². The fourth-order valence-corrected chi connectivity index (χ4v) is 5.05. The van der Waals surface area contributed by atoms with Gasteiger partial charge in [0.2, 0.25) is 0 Å². The van der Waals surface area contributed by atoms with Crippen LogP contribution in [-0.4, -0.2) is 61.6 Å². The molecule has 4 aromatic carbocycles. The fourth-order valence-electron chi connectivity index (χ4n) is 5.05. The van der Waals surface area contributed by atoms with Gasteiger partial charge in [-0.05, 0) is 104 Å². The molecule has 2 aliphatic rings.